The SMILES string of the molecule is COc1ccccc1NCc1c(-c2ccc(OC(=O)c3ccco3)cc2OC)ccc2c1C(C)=CC(C)(C)N2. The van der Waals surface area contributed by atoms with Gasteiger partial charge in [0.15, 0.2) is 0 Å². The van der Waals surface area contributed by atoms with Crippen molar-refractivity contribution in [3.8, 4) is 28.4 Å². The van der Waals surface area contributed by atoms with E-state index in [1.807, 2.05) is 30.3 Å². The molecule has 1 aromatic heterocycles. The van der Waals surface area contributed by atoms with Crippen LogP contribution in [0.4, 0.5) is 11.4 Å². The quantitative estimate of drug-likeness (QED) is 0.184. The monoisotopic (exact) mass is 524 g/mol. The van der Waals surface area contributed by atoms with Gasteiger partial charge in [0.1, 0.15) is 17.2 Å². The number of hydrogen-bond acceptors (Lipinski definition) is 7. The van der Waals surface area contributed by atoms with Crippen LogP contribution in [0.1, 0.15) is 42.5 Å². The number of methoxy groups -OCH3 is 2. The van der Waals surface area contributed by atoms with Crippen LogP contribution in [0.2, 0.25) is 0 Å². The van der Waals surface area contributed by atoms with Gasteiger partial charge >= 0.3 is 5.97 Å². The van der Waals surface area contributed by atoms with E-state index in [1.54, 1.807) is 38.5 Å². The van der Waals surface area contributed by atoms with Gasteiger partial charge in [-0.05, 0) is 79.9 Å². The molecule has 0 amide bonds. The van der Waals surface area contributed by atoms with Gasteiger partial charge in [-0.3, -0.25) is 0 Å². The van der Waals surface area contributed by atoms with Crippen molar-refractivity contribution in [2.75, 3.05) is 24.9 Å². The van der Waals surface area contributed by atoms with E-state index >= 15 is 0 Å². The maximum absolute atomic E-state index is 12.4. The van der Waals surface area contributed by atoms with Crippen molar-refractivity contribution < 1.29 is 23.4 Å². The van der Waals surface area contributed by atoms with E-state index in [0.717, 1.165) is 39.4 Å². The molecule has 0 saturated carbocycles. The highest BCUT2D eigenvalue weighted by Gasteiger charge is 2.27. The third kappa shape index (κ3) is 5.34. The Hall–Kier alpha value is -4.65. The van der Waals surface area contributed by atoms with Crippen LogP contribution >= 0.6 is 0 Å². The van der Waals surface area contributed by atoms with Gasteiger partial charge in [0.2, 0.25) is 5.76 Å². The summed E-state index contributed by atoms with van der Waals surface area (Å²) < 4.78 is 22.0. The number of anilines is 2. The highest BCUT2D eigenvalue weighted by molar-refractivity contribution is 5.90. The van der Waals surface area contributed by atoms with Crippen LogP contribution in [-0.2, 0) is 6.54 Å². The number of hydrogen-bond donors (Lipinski definition) is 2. The first-order chi connectivity index (χ1) is 18.8. The number of benzene rings is 3. The highest BCUT2D eigenvalue weighted by Crippen LogP contribution is 2.43. The summed E-state index contributed by atoms with van der Waals surface area (Å²) in [6, 6.07) is 20.7. The van der Waals surface area contributed by atoms with E-state index in [0.29, 0.717) is 18.0 Å². The fourth-order valence-corrected chi connectivity index (χ4v) is 5.12. The second kappa shape index (κ2) is 10.6. The number of ether oxygens (including phenoxy) is 3. The van der Waals surface area contributed by atoms with E-state index < -0.39 is 5.97 Å². The van der Waals surface area contributed by atoms with Gasteiger partial charge in [0.05, 0.1) is 31.7 Å². The molecule has 0 spiro atoms. The van der Waals surface area contributed by atoms with Gasteiger partial charge in [-0.25, -0.2) is 4.79 Å². The van der Waals surface area contributed by atoms with E-state index in [-0.39, 0.29) is 11.3 Å². The van der Waals surface area contributed by atoms with Crippen molar-refractivity contribution in [1.82, 2.24) is 0 Å². The fraction of sp³-hybridized carbons (Fsp3) is 0.219. The molecule has 4 aromatic rings. The number of furan rings is 1. The largest absolute Gasteiger partial charge is 0.496 e. The topological polar surface area (TPSA) is 82.0 Å². The molecule has 0 bridgehead atoms. The molecule has 2 heterocycles. The van der Waals surface area contributed by atoms with Crippen molar-refractivity contribution in [2.45, 2.75) is 32.9 Å². The minimum absolute atomic E-state index is 0.134. The minimum atomic E-state index is -0.570. The summed E-state index contributed by atoms with van der Waals surface area (Å²) in [5.41, 5.74) is 7.14. The Balaban J connectivity index is 1.57. The van der Waals surface area contributed by atoms with Gasteiger partial charge in [0, 0.05) is 29.4 Å². The summed E-state index contributed by atoms with van der Waals surface area (Å²) >= 11 is 0. The highest BCUT2D eigenvalue weighted by atomic mass is 16.5. The van der Waals surface area contributed by atoms with Crippen LogP contribution < -0.4 is 24.8 Å². The molecule has 2 N–H and O–H groups in total. The van der Waals surface area contributed by atoms with Gasteiger partial charge in [-0.2, -0.15) is 0 Å². The predicted molar refractivity (Wildman–Crippen MR) is 154 cm³/mol. The van der Waals surface area contributed by atoms with Crippen LogP contribution in [0, 0.1) is 0 Å². The van der Waals surface area contributed by atoms with E-state index in [2.05, 4.69) is 49.6 Å². The lowest BCUT2D eigenvalue weighted by Crippen LogP contribution is -2.32. The molecule has 0 saturated heterocycles. The summed E-state index contributed by atoms with van der Waals surface area (Å²) in [5, 5.41) is 7.22. The average molecular weight is 525 g/mol. The molecule has 0 fully saturated rings. The minimum Gasteiger partial charge on any atom is -0.496 e. The summed E-state index contributed by atoms with van der Waals surface area (Å²) in [5.74, 6) is 1.29. The van der Waals surface area contributed by atoms with Gasteiger partial charge in [-0.1, -0.05) is 24.3 Å². The van der Waals surface area contributed by atoms with Gasteiger partial charge < -0.3 is 29.3 Å². The smallest absolute Gasteiger partial charge is 0.379 e. The Morgan fingerprint density at radius 2 is 1.72 bits per heavy atom. The summed E-state index contributed by atoms with van der Waals surface area (Å²) in [6.45, 7) is 7.01. The van der Waals surface area contributed by atoms with Crippen molar-refractivity contribution >= 4 is 22.9 Å². The van der Waals surface area contributed by atoms with E-state index in [9.17, 15) is 4.79 Å². The number of rotatable bonds is 8. The number of carbonyl (C=O) groups is 1. The average Bonchev–Trinajstić information content (AvgIpc) is 3.46. The first kappa shape index (κ1) is 26.0. The molecule has 7 heteroatoms. The molecule has 7 nitrogen and oxygen atoms in total. The second-order valence-electron chi connectivity index (χ2n) is 9.97. The third-order valence-corrected chi connectivity index (χ3v) is 6.70. The zero-order valence-corrected chi connectivity index (χ0v) is 22.8. The summed E-state index contributed by atoms with van der Waals surface area (Å²) in [7, 11) is 3.28. The Morgan fingerprint density at radius 1 is 0.949 bits per heavy atom. The molecular formula is C32H32N2O5. The molecule has 1 aliphatic rings. The van der Waals surface area contributed by atoms with Crippen molar-refractivity contribution in [1.29, 1.82) is 0 Å². The maximum Gasteiger partial charge on any atom is 0.379 e. The molecule has 39 heavy (non-hydrogen) atoms. The Morgan fingerprint density at radius 3 is 2.46 bits per heavy atom. The summed E-state index contributed by atoms with van der Waals surface area (Å²) in [4.78, 5) is 12.4. The lowest BCUT2D eigenvalue weighted by Gasteiger charge is -2.33. The normalized spacial score (nSPS) is 13.5. The van der Waals surface area contributed by atoms with Crippen LogP contribution in [0.15, 0.2) is 83.5 Å². The number of carbonyl (C=O) groups excluding carboxylic acids is 1. The zero-order chi connectivity index (χ0) is 27.6. The van der Waals surface area contributed by atoms with Crippen LogP contribution in [0.25, 0.3) is 16.7 Å². The first-order valence-corrected chi connectivity index (χ1v) is 12.7. The Bertz CT molecular complexity index is 1540. The van der Waals surface area contributed by atoms with Crippen molar-refractivity contribution in [2.24, 2.45) is 0 Å². The fourth-order valence-electron chi connectivity index (χ4n) is 5.12. The molecule has 1 aliphatic heterocycles. The zero-order valence-electron chi connectivity index (χ0n) is 22.8. The van der Waals surface area contributed by atoms with Crippen LogP contribution in [-0.4, -0.2) is 25.7 Å². The van der Waals surface area contributed by atoms with E-state index in [1.165, 1.54) is 11.8 Å². The number of para-hydroxylation sites is 2. The van der Waals surface area contributed by atoms with Crippen molar-refractivity contribution in [3.63, 3.8) is 0 Å². The molecule has 3 aromatic carbocycles. The van der Waals surface area contributed by atoms with Gasteiger partial charge in [0.25, 0.3) is 0 Å². The van der Waals surface area contributed by atoms with Crippen LogP contribution in [0.3, 0.4) is 0 Å². The van der Waals surface area contributed by atoms with Gasteiger partial charge in [-0.15, -0.1) is 0 Å². The second-order valence-corrected chi connectivity index (χ2v) is 9.97. The third-order valence-electron chi connectivity index (χ3n) is 6.70. The number of nitrogens with one attached hydrogen (secondary N) is 2. The van der Waals surface area contributed by atoms with Crippen LogP contribution in [0.5, 0.6) is 17.2 Å². The number of allylic oxidation sites excluding steroid dienone is 1. The maximum atomic E-state index is 12.4. The molecule has 200 valence electrons. The molecule has 0 unspecified atom stereocenters. The molecular weight excluding hydrogens is 492 g/mol. The molecule has 0 atom stereocenters. The Labute approximate surface area is 228 Å². The molecule has 5 rings (SSSR count). The predicted octanol–water partition coefficient (Wildman–Crippen LogP) is 7.40. The molecule has 0 radical (unpaired) electrons. The number of fused-ring (bicyclic) bond motifs is 1. The number of esters is 1. The molecule has 0 aliphatic carbocycles. The first-order valence-electron chi connectivity index (χ1n) is 12.7. The lowest BCUT2D eigenvalue weighted by atomic mass is 9.85. The van der Waals surface area contributed by atoms with Crippen molar-refractivity contribution in [3.05, 3.63) is 96.0 Å². The summed E-state index contributed by atoms with van der Waals surface area (Å²) in [6.07, 6.45) is 3.68. The standard InChI is InChI=1S/C32H32N2O5/c1-20-18-32(2,3)34-26-15-14-22(24(30(20)26)19-33-25-9-6-7-10-27(25)36-4)23-13-12-21(17-29(23)37-5)39-31(35)28-11-8-16-38-28/h6-18,33-34H,19H2,1-5H3. The van der Waals surface area contributed by atoms with E-state index in [4.69, 9.17) is 18.6 Å². The lowest BCUT2D eigenvalue weighted by molar-refractivity contribution is 0.0701. The Kier molecular flexibility index (Phi) is 7.07.